The minimum Gasteiger partial charge on any atom is -0.364 e. The highest BCUT2D eigenvalue weighted by Gasteiger charge is 2.10. The smallest absolute Gasteiger partial charge is 0.151 e. The summed E-state index contributed by atoms with van der Waals surface area (Å²) in [5.41, 5.74) is 6.00. The van der Waals surface area contributed by atoms with Gasteiger partial charge in [0.2, 0.25) is 0 Å². The van der Waals surface area contributed by atoms with Gasteiger partial charge in [-0.15, -0.1) is 0 Å². The van der Waals surface area contributed by atoms with E-state index in [0.29, 0.717) is 22.6 Å². The lowest BCUT2D eigenvalue weighted by molar-refractivity contribution is 0.614. The first kappa shape index (κ1) is 16.9. The van der Waals surface area contributed by atoms with Gasteiger partial charge >= 0.3 is 0 Å². The molecule has 8 heteroatoms. The molecule has 0 amide bonds. The van der Waals surface area contributed by atoms with Gasteiger partial charge in [0.1, 0.15) is 5.82 Å². The Kier molecular flexibility index (Phi) is 4.39. The Morgan fingerprint density at radius 3 is 2.89 bits per heavy atom. The Labute approximate surface area is 155 Å². The maximum atomic E-state index is 14.4. The standard InChI is InChI=1S/C19H18FN7/c1-27-11-14(10-24-27)16-4-5-17(26-21)19(25-16)23-9-13-7-12-3-2-6-22-18(12)8-15(13)20/h2-8,10-11,26H,9,21H2,1H3,(H,23,25). The summed E-state index contributed by atoms with van der Waals surface area (Å²) >= 11 is 0. The SMILES string of the molecule is Cn1cc(-c2ccc(NN)c(NCc3cc4cccnc4cc3F)n2)cn1. The number of aromatic nitrogens is 4. The molecule has 0 atom stereocenters. The van der Waals surface area contributed by atoms with Crippen LogP contribution in [0.15, 0.2) is 55.0 Å². The number of pyridine rings is 2. The molecule has 0 saturated heterocycles. The number of benzene rings is 1. The lowest BCUT2D eigenvalue weighted by Crippen LogP contribution is -2.12. The first-order chi connectivity index (χ1) is 13.1. The molecule has 0 aliphatic carbocycles. The predicted octanol–water partition coefficient (Wildman–Crippen LogP) is 3.07. The number of nitrogens with two attached hydrogens (primary N) is 1. The van der Waals surface area contributed by atoms with Gasteiger partial charge < -0.3 is 10.7 Å². The van der Waals surface area contributed by atoms with E-state index in [1.165, 1.54) is 6.07 Å². The quantitative estimate of drug-likeness (QED) is 0.373. The van der Waals surface area contributed by atoms with E-state index in [-0.39, 0.29) is 12.4 Å². The van der Waals surface area contributed by atoms with E-state index < -0.39 is 0 Å². The lowest BCUT2D eigenvalue weighted by Gasteiger charge is -2.13. The third-order valence-electron chi connectivity index (χ3n) is 4.27. The maximum Gasteiger partial charge on any atom is 0.151 e. The molecule has 3 aromatic heterocycles. The second-order valence-electron chi connectivity index (χ2n) is 6.13. The summed E-state index contributed by atoms with van der Waals surface area (Å²) in [5.74, 6) is 5.80. The van der Waals surface area contributed by atoms with Crippen molar-refractivity contribution in [3.63, 3.8) is 0 Å². The van der Waals surface area contributed by atoms with Crippen LogP contribution in [0.25, 0.3) is 22.2 Å². The monoisotopic (exact) mass is 363 g/mol. The molecule has 0 bridgehead atoms. The molecule has 27 heavy (non-hydrogen) atoms. The van der Waals surface area contributed by atoms with E-state index in [2.05, 4.69) is 25.8 Å². The first-order valence-corrected chi connectivity index (χ1v) is 8.38. The third kappa shape index (κ3) is 3.42. The number of anilines is 2. The predicted molar refractivity (Wildman–Crippen MR) is 103 cm³/mol. The summed E-state index contributed by atoms with van der Waals surface area (Å²) in [6.45, 7) is 0.259. The van der Waals surface area contributed by atoms with Gasteiger partial charge in [0, 0.05) is 48.6 Å². The molecule has 0 radical (unpaired) electrons. The average Bonchev–Trinajstić information content (AvgIpc) is 3.12. The van der Waals surface area contributed by atoms with Crippen LogP contribution in [0.5, 0.6) is 0 Å². The Balaban J connectivity index is 1.63. The number of fused-ring (bicyclic) bond motifs is 1. The summed E-state index contributed by atoms with van der Waals surface area (Å²) in [6, 6.07) is 10.6. The molecule has 4 rings (SSSR count). The fourth-order valence-corrected chi connectivity index (χ4v) is 2.88. The number of rotatable bonds is 5. The van der Waals surface area contributed by atoms with Crippen LogP contribution < -0.4 is 16.6 Å². The number of nitrogens with zero attached hydrogens (tertiary/aromatic N) is 4. The number of hydrogen-bond donors (Lipinski definition) is 3. The third-order valence-corrected chi connectivity index (χ3v) is 4.27. The molecule has 7 nitrogen and oxygen atoms in total. The summed E-state index contributed by atoms with van der Waals surface area (Å²) in [4.78, 5) is 8.76. The fraction of sp³-hybridized carbons (Fsp3) is 0.105. The Morgan fingerprint density at radius 2 is 2.11 bits per heavy atom. The van der Waals surface area contributed by atoms with Gasteiger partial charge in [0.05, 0.1) is 23.1 Å². The van der Waals surface area contributed by atoms with Crippen molar-refractivity contribution in [2.75, 3.05) is 10.7 Å². The molecule has 136 valence electrons. The molecule has 3 heterocycles. The largest absolute Gasteiger partial charge is 0.364 e. The molecular formula is C19H18FN7. The molecule has 4 aromatic rings. The van der Waals surface area contributed by atoms with Crippen LogP contribution in [0.3, 0.4) is 0 Å². The number of nitrogens with one attached hydrogen (secondary N) is 2. The molecular weight excluding hydrogens is 345 g/mol. The van der Waals surface area contributed by atoms with Crippen molar-refractivity contribution in [1.29, 1.82) is 0 Å². The minimum atomic E-state index is -0.320. The van der Waals surface area contributed by atoms with Crippen molar-refractivity contribution < 1.29 is 4.39 Å². The zero-order valence-electron chi connectivity index (χ0n) is 14.6. The van der Waals surface area contributed by atoms with Crippen LogP contribution in [-0.2, 0) is 13.6 Å². The summed E-state index contributed by atoms with van der Waals surface area (Å²) in [5, 5.41) is 8.20. The number of aryl methyl sites for hydroxylation is 1. The van der Waals surface area contributed by atoms with Crippen molar-refractivity contribution in [2.24, 2.45) is 12.9 Å². The lowest BCUT2D eigenvalue weighted by atomic mass is 10.1. The average molecular weight is 363 g/mol. The van der Waals surface area contributed by atoms with Crippen molar-refractivity contribution in [1.82, 2.24) is 19.7 Å². The molecule has 0 spiro atoms. The highest BCUT2D eigenvalue weighted by Crippen LogP contribution is 2.25. The minimum absolute atomic E-state index is 0.259. The van der Waals surface area contributed by atoms with Gasteiger partial charge in [-0.1, -0.05) is 6.07 Å². The second-order valence-corrected chi connectivity index (χ2v) is 6.13. The summed E-state index contributed by atoms with van der Waals surface area (Å²) in [6.07, 6.45) is 5.25. The Bertz CT molecular complexity index is 1110. The van der Waals surface area contributed by atoms with E-state index in [0.717, 1.165) is 16.6 Å². The van der Waals surface area contributed by atoms with E-state index >= 15 is 0 Å². The van der Waals surface area contributed by atoms with Crippen LogP contribution in [-0.4, -0.2) is 19.7 Å². The second kappa shape index (κ2) is 7.00. The van der Waals surface area contributed by atoms with Crippen LogP contribution in [0.2, 0.25) is 0 Å². The summed E-state index contributed by atoms with van der Waals surface area (Å²) in [7, 11) is 1.84. The van der Waals surface area contributed by atoms with Crippen LogP contribution in [0.1, 0.15) is 5.56 Å². The first-order valence-electron chi connectivity index (χ1n) is 8.38. The topological polar surface area (TPSA) is 93.7 Å². The Morgan fingerprint density at radius 1 is 1.22 bits per heavy atom. The molecule has 0 fully saturated rings. The van der Waals surface area contributed by atoms with E-state index in [4.69, 9.17) is 5.84 Å². The molecule has 1 aromatic carbocycles. The number of halogens is 1. The number of hydrogen-bond acceptors (Lipinski definition) is 6. The number of nitrogen functional groups attached to an aromatic ring is 1. The van der Waals surface area contributed by atoms with Crippen molar-refractivity contribution >= 4 is 22.4 Å². The normalized spacial score (nSPS) is 10.9. The van der Waals surface area contributed by atoms with Crippen molar-refractivity contribution in [3.05, 3.63) is 66.4 Å². The van der Waals surface area contributed by atoms with E-state index in [9.17, 15) is 4.39 Å². The van der Waals surface area contributed by atoms with E-state index in [1.807, 2.05) is 37.5 Å². The molecule has 0 aliphatic rings. The fourth-order valence-electron chi connectivity index (χ4n) is 2.88. The zero-order chi connectivity index (χ0) is 18.8. The highest BCUT2D eigenvalue weighted by atomic mass is 19.1. The van der Waals surface area contributed by atoms with Gasteiger partial charge in [-0.25, -0.2) is 9.37 Å². The van der Waals surface area contributed by atoms with Crippen LogP contribution in [0, 0.1) is 5.82 Å². The number of hydrazine groups is 1. The summed E-state index contributed by atoms with van der Waals surface area (Å²) < 4.78 is 16.1. The molecule has 0 unspecified atom stereocenters. The van der Waals surface area contributed by atoms with Gasteiger partial charge in [-0.05, 0) is 24.3 Å². The van der Waals surface area contributed by atoms with Crippen molar-refractivity contribution in [3.8, 4) is 11.3 Å². The van der Waals surface area contributed by atoms with Crippen LogP contribution >= 0.6 is 0 Å². The highest BCUT2D eigenvalue weighted by molar-refractivity contribution is 5.79. The zero-order valence-corrected chi connectivity index (χ0v) is 14.6. The Hall–Kier alpha value is -3.52. The van der Waals surface area contributed by atoms with Gasteiger partial charge in [0.15, 0.2) is 5.82 Å². The van der Waals surface area contributed by atoms with E-state index in [1.54, 1.807) is 23.1 Å². The van der Waals surface area contributed by atoms with Gasteiger partial charge in [0.25, 0.3) is 0 Å². The van der Waals surface area contributed by atoms with Crippen LogP contribution in [0.4, 0.5) is 15.9 Å². The molecule has 0 aliphatic heterocycles. The van der Waals surface area contributed by atoms with Gasteiger partial charge in [-0.2, -0.15) is 5.10 Å². The maximum absolute atomic E-state index is 14.4. The molecule has 0 saturated carbocycles. The van der Waals surface area contributed by atoms with Gasteiger partial charge in [-0.3, -0.25) is 15.5 Å². The molecule has 4 N–H and O–H groups in total. The van der Waals surface area contributed by atoms with Crippen molar-refractivity contribution in [2.45, 2.75) is 6.54 Å².